The van der Waals surface area contributed by atoms with Crippen LogP contribution in [0.15, 0.2) is 23.1 Å². The van der Waals surface area contributed by atoms with Crippen LogP contribution in [0, 0.1) is 17.7 Å². The Morgan fingerprint density at radius 3 is 2.71 bits per heavy atom. The van der Waals surface area contributed by atoms with Crippen LogP contribution in [0.1, 0.15) is 13.3 Å². The predicted molar refractivity (Wildman–Crippen MR) is 61.3 cm³/mol. The van der Waals surface area contributed by atoms with E-state index < -0.39 is 15.8 Å². The molecule has 0 spiro atoms. The van der Waals surface area contributed by atoms with Crippen molar-refractivity contribution >= 4 is 10.0 Å². The zero-order chi connectivity index (χ0) is 12.9. The minimum Gasteiger partial charge on any atom is -0.490 e. The Balaban J connectivity index is 2.79. The van der Waals surface area contributed by atoms with E-state index in [1.54, 1.807) is 6.92 Å². The summed E-state index contributed by atoms with van der Waals surface area (Å²) in [7, 11) is -3.89. The van der Waals surface area contributed by atoms with Crippen molar-refractivity contribution in [2.75, 3.05) is 6.61 Å². The standard InChI is InChI=1S/C11H12FNO3S/c1-2-3-4-7-16-11-6-5-9(8-10(11)12)17(13,14)15/h5-6,8H,4,7H2,1H3,(H2,13,14,15). The van der Waals surface area contributed by atoms with Gasteiger partial charge in [-0.1, -0.05) is 0 Å². The smallest absolute Gasteiger partial charge is 0.238 e. The first-order chi connectivity index (χ1) is 7.95. The van der Waals surface area contributed by atoms with Crippen LogP contribution < -0.4 is 9.88 Å². The normalized spacial score (nSPS) is 10.5. The van der Waals surface area contributed by atoms with E-state index >= 15 is 0 Å². The fourth-order valence-corrected chi connectivity index (χ4v) is 1.64. The Morgan fingerprint density at radius 1 is 1.47 bits per heavy atom. The largest absolute Gasteiger partial charge is 0.490 e. The Hall–Kier alpha value is -1.58. The van der Waals surface area contributed by atoms with Gasteiger partial charge < -0.3 is 4.74 Å². The fraction of sp³-hybridized carbons (Fsp3) is 0.273. The second-order valence-electron chi connectivity index (χ2n) is 3.16. The maximum atomic E-state index is 13.4. The van der Waals surface area contributed by atoms with Crippen molar-refractivity contribution in [2.45, 2.75) is 18.2 Å². The minimum absolute atomic E-state index is 0.0182. The molecule has 1 rings (SSSR count). The van der Waals surface area contributed by atoms with Crippen molar-refractivity contribution in [3.05, 3.63) is 24.0 Å². The van der Waals surface area contributed by atoms with Crippen molar-refractivity contribution < 1.29 is 17.5 Å². The molecule has 2 N–H and O–H groups in total. The van der Waals surface area contributed by atoms with E-state index in [4.69, 9.17) is 9.88 Å². The van der Waals surface area contributed by atoms with E-state index in [9.17, 15) is 12.8 Å². The van der Waals surface area contributed by atoms with E-state index in [2.05, 4.69) is 11.8 Å². The molecule has 1 aromatic carbocycles. The molecule has 1 aromatic rings. The van der Waals surface area contributed by atoms with Crippen LogP contribution in [0.4, 0.5) is 4.39 Å². The van der Waals surface area contributed by atoms with E-state index in [0.29, 0.717) is 6.42 Å². The molecule has 0 bridgehead atoms. The number of nitrogens with two attached hydrogens (primary N) is 1. The van der Waals surface area contributed by atoms with E-state index in [0.717, 1.165) is 6.07 Å². The van der Waals surface area contributed by atoms with Gasteiger partial charge in [0.15, 0.2) is 11.6 Å². The summed E-state index contributed by atoms with van der Waals surface area (Å²) in [6.45, 7) is 1.94. The highest BCUT2D eigenvalue weighted by Crippen LogP contribution is 2.20. The Morgan fingerprint density at radius 2 is 2.18 bits per heavy atom. The molecule has 0 aromatic heterocycles. The van der Waals surface area contributed by atoms with Gasteiger partial charge >= 0.3 is 0 Å². The maximum absolute atomic E-state index is 13.4. The molecule has 0 aliphatic rings. The van der Waals surface area contributed by atoms with Gasteiger partial charge in [0, 0.05) is 6.42 Å². The molecule has 0 saturated carbocycles. The fourth-order valence-electron chi connectivity index (χ4n) is 1.11. The third-order valence-electron chi connectivity index (χ3n) is 1.89. The van der Waals surface area contributed by atoms with Crippen LogP contribution in [0.25, 0.3) is 0 Å². The Labute approximate surface area is 99.6 Å². The Kier molecular flexibility index (Phi) is 4.49. The van der Waals surface area contributed by atoms with E-state index in [1.165, 1.54) is 12.1 Å². The number of halogens is 1. The van der Waals surface area contributed by atoms with Gasteiger partial charge in [-0.2, -0.15) is 0 Å². The van der Waals surface area contributed by atoms with Crippen molar-refractivity contribution in [3.8, 4) is 17.6 Å². The number of rotatable bonds is 4. The first-order valence-electron chi connectivity index (χ1n) is 4.80. The molecule has 0 aliphatic heterocycles. The summed E-state index contributed by atoms with van der Waals surface area (Å²) in [6, 6.07) is 3.25. The molecule has 17 heavy (non-hydrogen) atoms. The minimum atomic E-state index is -3.89. The molecule has 0 aliphatic carbocycles. The monoisotopic (exact) mass is 257 g/mol. The van der Waals surface area contributed by atoms with Crippen molar-refractivity contribution in [1.82, 2.24) is 0 Å². The summed E-state index contributed by atoms with van der Waals surface area (Å²) < 4.78 is 40.4. The lowest BCUT2D eigenvalue weighted by atomic mass is 10.3. The first kappa shape index (κ1) is 13.5. The van der Waals surface area contributed by atoms with Gasteiger partial charge in [0.05, 0.1) is 11.5 Å². The van der Waals surface area contributed by atoms with Crippen LogP contribution >= 0.6 is 0 Å². The SMILES string of the molecule is CC#CCCOc1ccc(S(N)(=O)=O)cc1F. The summed E-state index contributed by atoms with van der Waals surface area (Å²) >= 11 is 0. The van der Waals surface area contributed by atoms with Gasteiger partial charge in [-0.15, -0.1) is 11.8 Å². The van der Waals surface area contributed by atoms with E-state index in [-0.39, 0.29) is 17.3 Å². The summed E-state index contributed by atoms with van der Waals surface area (Å²) in [5, 5.41) is 4.86. The third kappa shape index (κ3) is 4.06. The molecular formula is C11H12FNO3S. The average molecular weight is 257 g/mol. The lowest BCUT2D eigenvalue weighted by molar-refractivity contribution is 0.309. The van der Waals surface area contributed by atoms with Gasteiger partial charge in [-0.25, -0.2) is 17.9 Å². The van der Waals surface area contributed by atoms with Crippen LogP contribution in [0.3, 0.4) is 0 Å². The number of hydrogen-bond acceptors (Lipinski definition) is 3. The van der Waals surface area contributed by atoms with Crippen molar-refractivity contribution in [2.24, 2.45) is 5.14 Å². The first-order valence-corrected chi connectivity index (χ1v) is 6.34. The molecule has 0 atom stereocenters. The molecule has 92 valence electrons. The lowest BCUT2D eigenvalue weighted by Gasteiger charge is -2.06. The van der Waals surface area contributed by atoms with Crippen LogP contribution in [0.5, 0.6) is 5.75 Å². The molecule has 6 heteroatoms. The second kappa shape index (κ2) is 5.66. The molecule has 0 unspecified atom stereocenters. The number of ether oxygens (including phenoxy) is 1. The van der Waals surface area contributed by atoms with Crippen molar-refractivity contribution in [1.29, 1.82) is 0 Å². The lowest BCUT2D eigenvalue weighted by Crippen LogP contribution is -2.12. The van der Waals surface area contributed by atoms with Crippen LogP contribution in [-0.2, 0) is 10.0 Å². The highest BCUT2D eigenvalue weighted by Gasteiger charge is 2.11. The summed E-state index contributed by atoms with van der Waals surface area (Å²) in [6.07, 6.45) is 0.479. The molecule has 4 nitrogen and oxygen atoms in total. The zero-order valence-corrected chi connectivity index (χ0v) is 10.1. The molecule has 0 saturated heterocycles. The van der Waals surface area contributed by atoms with Gasteiger partial charge in [0.2, 0.25) is 10.0 Å². The molecule has 0 heterocycles. The maximum Gasteiger partial charge on any atom is 0.238 e. The highest BCUT2D eigenvalue weighted by molar-refractivity contribution is 7.89. The summed E-state index contributed by atoms with van der Waals surface area (Å²) in [4.78, 5) is -0.282. The molecule has 0 radical (unpaired) electrons. The van der Waals surface area contributed by atoms with Crippen LogP contribution in [-0.4, -0.2) is 15.0 Å². The van der Waals surface area contributed by atoms with Gasteiger partial charge in [0.1, 0.15) is 0 Å². The quantitative estimate of drug-likeness (QED) is 0.652. The summed E-state index contributed by atoms with van der Waals surface area (Å²) in [5.41, 5.74) is 0. The molecule has 0 amide bonds. The zero-order valence-electron chi connectivity index (χ0n) is 9.23. The summed E-state index contributed by atoms with van der Waals surface area (Å²) in [5.74, 6) is 4.66. The van der Waals surface area contributed by atoms with Crippen LogP contribution in [0.2, 0.25) is 0 Å². The van der Waals surface area contributed by atoms with Gasteiger partial charge in [0.25, 0.3) is 0 Å². The average Bonchev–Trinajstić information content (AvgIpc) is 2.24. The topological polar surface area (TPSA) is 69.4 Å². The Bertz CT molecular complexity index is 558. The number of primary sulfonamides is 1. The third-order valence-corrected chi connectivity index (χ3v) is 2.80. The van der Waals surface area contributed by atoms with Gasteiger partial charge in [-0.05, 0) is 25.1 Å². The van der Waals surface area contributed by atoms with Crippen molar-refractivity contribution in [3.63, 3.8) is 0 Å². The number of sulfonamides is 1. The van der Waals surface area contributed by atoms with Gasteiger partial charge in [-0.3, -0.25) is 0 Å². The number of benzene rings is 1. The number of hydrogen-bond donors (Lipinski definition) is 1. The molecular weight excluding hydrogens is 245 g/mol. The predicted octanol–water partition coefficient (Wildman–Crippen LogP) is 1.27. The highest BCUT2D eigenvalue weighted by atomic mass is 32.2. The molecule has 0 fully saturated rings. The second-order valence-corrected chi connectivity index (χ2v) is 4.72. The van der Waals surface area contributed by atoms with E-state index in [1.807, 2.05) is 0 Å².